The molecule has 38 valence electrons. The SMILES string of the molecule is N=C/C=C\C(=N)N. The van der Waals surface area contributed by atoms with E-state index in [0.717, 1.165) is 6.21 Å². The molecule has 0 spiro atoms. The number of nitrogens with two attached hydrogens (primary N) is 1. The molecule has 0 heterocycles. The Morgan fingerprint density at radius 3 is 2.29 bits per heavy atom. The molecule has 0 atom stereocenters. The standard InChI is InChI=1S/C4H7N3/c5-3-1-2-4(6)7/h1-3,5H,(H3,6,7)/b2-1-,5-3?. The van der Waals surface area contributed by atoms with Gasteiger partial charge in [-0.25, -0.2) is 0 Å². The van der Waals surface area contributed by atoms with Crippen molar-refractivity contribution in [3.63, 3.8) is 0 Å². The molecule has 0 fully saturated rings. The summed E-state index contributed by atoms with van der Waals surface area (Å²) in [6.45, 7) is 0. The topological polar surface area (TPSA) is 73.7 Å². The molecule has 3 heteroatoms. The highest BCUT2D eigenvalue weighted by molar-refractivity contribution is 5.91. The molecule has 4 N–H and O–H groups in total. The van der Waals surface area contributed by atoms with Crippen molar-refractivity contribution in [2.24, 2.45) is 5.73 Å². The lowest BCUT2D eigenvalue weighted by molar-refractivity contribution is 1.46. The first-order chi connectivity index (χ1) is 3.27. The van der Waals surface area contributed by atoms with Crippen LogP contribution in [0.25, 0.3) is 0 Å². The molecule has 0 aromatic heterocycles. The summed E-state index contributed by atoms with van der Waals surface area (Å²) in [6.07, 6.45) is 3.80. The lowest BCUT2D eigenvalue weighted by Gasteiger charge is -1.76. The first-order valence-electron chi connectivity index (χ1n) is 1.78. The van der Waals surface area contributed by atoms with Crippen LogP contribution in [0.15, 0.2) is 12.2 Å². The number of hydrogen-bond acceptors (Lipinski definition) is 2. The Bertz CT molecular complexity index is 104. The van der Waals surface area contributed by atoms with Crippen molar-refractivity contribution < 1.29 is 0 Å². The van der Waals surface area contributed by atoms with E-state index in [1.165, 1.54) is 12.2 Å². The Morgan fingerprint density at radius 2 is 2.14 bits per heavy atom. The molecule has 0 radical (unpaired) electrons. The van der Waals surface area contributed by atoms with Gasteiger partial charge in [0.2, 0.25) is 0 Å². The zero-order valence-corrected chi connectivity index (χ0v) is 3.81. The van der Waals surface area contributed by atoms with Crippen LogP contribution in [0.3, 0.4) is 0 Å². The van der Waals surface area contributed by atoms with Crippen molar-refractivity contribution in [3.8, 4) is 0 Å². The molecular formula is C4H7N3. The van der Waals surface area contributed by atoms with Crippen LogP contribution in [0, 0.1) is 10.8 Å². The van der Waals surface area contributed by atoms with Gasteiger partial charge in [-0.2, -0.15) is 0 Å². The minimum Gasteiger partial charge on any atom is -0.384 e. The van der Waals surface area contributed by atoms with Crippen molar-refractivity contribution >= 4 is 12.1 Å². The molecule has 0 rings (SSSR count). The first-order valence-corrected chi connectivity index (χ1v) is 1.78. The van der Waals surface area contributed by atoms with Gasteiger partial charge >= 0.3 is 0 Å². The summed E-state index contributed by atoms with van der Waals surface area (Å²) in [5, 5.41) is 13.0. The normalized spacial score (nSPS) is 9.14. The van der Waals surface area contributed by atoms with E-state index in [9.17, 15) is 0 Å². The maximum atomic E-state index is 6.59. The highest BCUT2D eigenvalue weighted by Gasteiger charge is 1.68. The van der Waals surface area contributed by atoms with E-state index in [0.29, 0.717) is 0 Å². The van der Waals surface area contributed by atoms with Crippen molar-refractivity contribution in [2.45, 2.75) is 0 Å². The smallest absolute Gasteiger partial charge is 0.115 e. The molecule has 0 bridgehead atoms. The minimum absolute atomic E-state index is 0.0245. The van der Waals surface area contributed by atoms with Crippen LogP contribution in [0.1, 0.15) is 0 Å². The molecule has 0 aliphatic rings. The second-order valence-electron chi connectivity index (χ2n) is 0.981. The molecular weight excluding hydrogens is 90.1 g/mol. The second-order valence-corrected chi connectivity index (χ2v) is 0.981. The number of allylic oxidation sites excluding steroid dienone is 1. The lowest BCUT2D eigenvalue weighted by atomic mass is 10.5. The monoisotopic (exact) mass is 97.1 g/mol. The molecule has 0 unspecified atom stereocenters. The molecule has 0 aliphatic heterocycles. The number of nitrogens with one attached hydrogen (secondary N) is 2. The summed E-state index contributed by atoms with van der Waals surface area (Å²) in [5.41, 5.74) is 4.87. The summed E-state index contributed by atoms with van der Waals surface area (Å²) in [4.78, 5) is 0. The molecule has 3 nitrogen and oxygen atoms in total. The van der Waals surface area contributed by atoms with E-state index in [4.69, 9.17) is 16.6 Å². The largest absolute Gasteiger partial charge is 0.384 e. The highest BCUT2D eigenvalue weighted by atomic mass is 14.7. The van der Waals surface area contributed by atoms with Gasteiger partial charge in [0.15, 0.2) is 0 Å². The van der Waals surface area contributed by atoms with Gasteiger partial charge in [0.25, 0.3) is 0 Å². The van der Waals surface area contributed by atoms with Crippen LogP contribution in [-0.4, -0.2) is 12.1 Å². The third kappa shape index (κ3) is 4.88. The summed E-state index contributed by atoms with van der Waals surface area (Å²) < 4.78 is 0. The van der Waals surface area contributed by atoms with Crippen molar-refractivity contribution in [2.75, 3.05) is 0 Å². The average molecular weight is 97.1 g/mol. The Kier molecular flexibility index (Phi) is 2.59. The van der Waals surface area contributed by atoms with Gasteiger partial charge in [0, 0.05) is 6.21 Å². The molecule has 0 aliphatic carbocycles. The van der Waals surface area contributed by atoms with Gasteiger partial charge in [-0.1, -0.05) is 0 Å². The summed E-state index contributed by atoms with van der Waals surface area (Å²) in [6, 6.07) is 0. The van der Waals surface area contributed by atoms with Gasteiger partial charge in [-0.15, -0.1) is 0 Å². The van der Waals surface area contributed by atoms with Gasteiger partial charge in [-0.3, -0.25) is 5.41 Å². The van der Waals surface area contributed by atoms with E-state index in [1.807, 2.05) is 0 Å². The fourth-order valence-corrected chi connectivity index (χ4v) is 0.152. The molecule has 0 aromatic carbocycles. The van der Waals surface area contributed by atoms with Gasteiger partial charge in [0.05, 0.1) is 0 Å². The second kappa shape index (κ2) is 3.08. The van der Waals surface area contributed by atoms with E-state index < -0.39 is 0 Å². The first kappa shape index (κ1) is 5.88. The lowest BCUT2D eigenvalue weighted by Crippen LogP contribution is -2.03. The van der Waals surface area contributed by atoms with E-state index >= 15 is 0 Å². The number of amidine groups is 1. The Morgan fingerprint density at radius 1 is 1.57 bits per heavy atom. The molecule has 7 heavy (non-hydrogen) atoms. The number of rotatable bonds is 2. The predicted octanol–water partition coefficient (Wildman–Crippen LogP) is 0.128. The number of hydrogen-bond donors (Lipinski definition) is 3. The molecule has 0 saturated heterocycles. The summed E-state index contributed by atoms with van der Waals surface area (Å²) in [5.74, 6) is -0.0245. The zero-order chi connectivity index (χ0) is 5.70. The molecule has 0 amide bonds. The summed E-state index contributed by atoms with van der Waals surface area (Å²) in [7, 11) is 0. The highest BCUT2D eigenvalue weighted by Crippen LogP contribution is 1.61. The zero-order valence-electron chi connectivity index (χ0n) is 3.81. The van der Waals surface area contributed by atoms with Crippen LogP contribution in [-0.2, 0) is 0 Å². The average Bonchev–Trinajstić information content (AvgIpc) is 1.61. The van der Waals surface area contributed by atoms with E-state index in [2.05, 4.69) is 0 Å². The minimum atomic E-state index is -0.0245. The van der Waals surface area contributed by atoms with E-state index in [-0.39, 0.29) is 5.84 Å². The Labute approximate surface area is 41.9 Å². The Hall–Kier alpha value is -1.12. The third-order valence-corrected chi connectivity index (χ3v) is 0.372. The van der Waals surface area contributed by atoms with Crippen LogP contribution >= 0.6 is 0 Å². The van der Waals surface area contributed by atoms with Crippen molar-refractivity contribution in [1.29, 1.82) is 10.8 Å². The third-order valence-electron chi connectivity index (χ3n) is 0.372. The van der Waals surface area contributed by atoms with Crippen molar-refractivity contribution in [1.82, 2.24) is 0 Å². The van der Waals surface area contributed by atoms with Crippen LogP contribution in [0.4, 0.5) is 0 Å². The van der Waals surface area contributed by atoms with Crippen molar-refractivity contribution in [3.05, 3.63) is 12.2 Å². The van der Waals surface area contributed by atoms with E-state index in [1.54, 1.807) is 0 Å². The van der Waals surface area contributed by atoms with Gasteiger partial charge in [-0.05, 0) is 12.2 Å². The summed E-state index contributed by atoms with van der Waals surface area (Å²) >= 11 is 0. The maximum absolute atomic E-state index is 6.59. The predicted molar refractivity (Wildman–Crippen MR) is 29.8 cm³/mol. The fourth-order valence-electron chi connectivity index (χ4n) is 0.152. The maximum Gasteiger partial charge on any atom is 0.115 e. The Balaban J connectivity index is 3.46. The molecule has 0 aromatic rings. The van der Waals surface area contributed by atoms with Gasteiger partial charge in [0.1, 0.15) is 5.84 Å². The molecule has 0 saturated carbocycles. The van der Waals surface area contributed by atoms with Gasteiger partial charge < -0.3 is 11.1 Å². The van der Waals surface area contributed by atoms with Crippen LogP contribution in [0.5, 0.6) is 0 Å². The quantitative estimate of drug-likeness (QED) is 0.332. The van der Waals surface area contributed by atoms with Crippen LogP contribution < -0.4 is 5.73 Å². The van der Waals surface area contributed by atoms with Crippen LogP contribution in [0.2, 0.25) is 0 Å². The fraction of sp³-hybridized carbons (Fsp3) is 0.